The van der Waals surface area contributed by atoms with Crippen molar-refractivity contribution in [1.29, 1.82) is 0 Å². The molecule has 3 N–H and O–H groups in total. The Labute approximate surface area is 147 Å². The van der Waals surface area contributed by atoms with Crippen LogP contribution in [0.2, 0.25) is 0 Å². The summed E-state index contributed by atoms with van der Waals surface area (Å²) in [6.45, 7) is 4.65. The third-order valence-corrected chi connectivity index (χ3v) is 4.56. The SMILES string of the molecule is Nc1ncc(-c2ccc(-c3cccc(CN4CCOCC4)c3)cc2)[nH]1. The number of hydrogen-bond donors (Lipinski definition) is 2. The van der Waals surface area contributed by atoms with Crippen molar-refractivity contribution in [3.05, 3.63) is 60.3 Å². The number of nitrogens with zero attached hydrogens (tertiary/aromatic N) is 2. The molecule has 1 aromatic heterocycles. The molecule has 128 valence electrons. The molecule has 25 heavy (non-hydrogen) atoms. The van der Waals surface area contributed by atoms with Crippen molar-refractivity contribution in [3.63, 3.8) is 0 Å². The number of H-pyrrole nitrogens is 1. The van der Waals surface area contributed by atoms with Gasteiger partial charge in [0.05, 0.1) is 25.1 Å². The van der Waals surface area contributed by atoms with E-state index in [9.17, 15) is 0 Å². The minimum atomic E-state index is 0.440. The predicted octanol–water partition coefficient (Wildman–Crippen LogP) is 3.16. The molecule has 0 amide bonds. The highest BCUT2D eigenvalue weighted by molar-refractivity contribution is 5.69. The largest absolute Gasteiger partial charge is 0.379 e. The van der Waals surface area contributed by atoms with Gasteiger partial charge >= 0.3 is 0 Å². The van der Waals surface area contributed by atoms with Gasteiger partial charge in [0, 0.05) is 19.6 Å². The molecule has 0 spiro atoms. The summed E-state index contributed by atoms with van der Waals surface area (Å²) in [7, 11) is 0. The van der Waals surface area contributed by atoms with Crippen LogP contribution in [0.1, 0.15) is 5.56 Å². The summed E-state index contributed by atoms with van der Waals surface area (Å²) in [6, 6.07) is 17.2. The number of hydrogen-bond acceptors (Lipinski definition) is 4. The fraction of sp³-hybridized carbons (Fsp3) is 0.250. The van der Waals surface area contributed by atoms with Gasteiger partial charge in [-0.25, -0.2) is 4.98 Å². The van der Waals surface area contributed by atoms with E-state index in [0.717, 1.165) is 44.1 Å². The number of rotatable bonds is 4. The molecule has 0 saturated carbocycles. The number of nitrogen functional groups attached to an aromatic ring is 1. The number of aromatic amines is 1. The molecule has 5 nitrogen and oxygen atoms in total. The molecule has 1 aliphatic rings. The average Bonchev–Trinajstić information content (AvgIpc) is 3.09. The van der Waals surface area contributed by atoms with Crippen molar-refractivity contribution in [1.82, 2.24) is 14.9 Å². The topological polar surface area (TPSA) is 67.2 Å². The number of ether oxygens (including phenoxy) is 1. The lowest BCUT2D eigenvalue weighted by molar-refractivity contribution is 0.0342. The number of aromatic nitrogens is 2. The highest BCUT2D eigenvalue weighted by Gasteiger charge is 2.11. The second-order valence-electron chi connectivity index (χ2n) is 6.35. The Morgan fingerprint density at radius 2 is 1.76 bits per heavy atom. The zero-order valence-corrected chi connectivity index (χ0v) is 14.1. The number of anilines is 1. The molecule has 1 aliphatic heterocycles. The highest BCUT2D eigenvalue weighted by atomic mass is 16.5. The van der Waals surface area contributed by atoms with Crippen molar-refractivity contribution < 1.29 is 4.74 Å². The Bertz CT molecular complexity index is 835. The summed E-state index contributed by atoms with van der Waals surface area (Å²) in [5.74, 6) is 0.440. The van der Waals surface area contributed by atoms with Crippen LogP contribution in [0.25, 0.3) is 22.4 Å². The van der Waals surface area contributed by atoms with Crippen LogP contribution in [0.4, 0.5) is 5.95 Å². The Kier molecular flexibility index (Phi) is 4.50. The number of imidazole rings is 1. The van der Waals surface area contributed by atoms with E-state index in [1.165, 1.54) is 16.7 Å². The van der Waals surface area contributed by atoms with Crippen molar-refractivity contribution in [3.8, 4) is 22.4 Å². The minimum absolute atomic E-state index is 0.440. The van der Waals surface area contributed by atoms with Gasteiger partial charge in [0.2, 0.25) is 0 Å². The normalized spacial score (nSPS) is 15.4. The van der Waals surface area contributed by atoms with Gasteiger partial charge in [-0.1, -0.05) is 42.5 Å². The molecule has 1 fully saturated rings. The molecule has 0 radical (unpaired) electrons. The van der Waals surface area contributed by atoms with E-state index in [4.69, 9.17) is 10.5 Å². The average molecular weight is 334 g/mol. The van der Waals surface area contributed by atoms with E-state index in [-0.39, 0.29) is 0 Å². The molecule has 1 saturated heterocycles. The quantitative estimate of drug-likeness (QED) is 0.769. The fourth-order valence-corrected chi connectivity index (χ4v) is 3.19. The van der Waals surface area contributed by atoms with Gasteiger partial charge in [-0.3, -0.25) is 4.90 Å². The lowest BCUT2D eigenvalue weighted by Gasteiger charge is -2.26. The lowest BCUT2D eigenvalue weighted by atomic mass is 10.0. The van der Waals surface area contributed by atoms with Gasteiger partial charge in [0.1, 0.15) is 0 Å². The Hall–Kier alpha value is -2.63. The van der Waals surface area contributed by atoms with Crippen molar-refractivity contribution in [2.24, 2.45) is 0 Å². The van der Waals surface area contributed by atoms with E-state index >= 15 is 0 Å². The highest BCUT2D eigenvalue weighted by Crippen LogP contribution is 2.25. The van der Waals surface area contributed by atoms with E-state index in [1.54, 1.807) is 6.20 Å². The third-order valence-electron chi connectivity index (χ3n) is 4.56. The smallest absolute Gasteiger partial charge is 0.197 e. The molecular weight excluding hydrogens is 312 g/mol. The lowest BCUT2D eigenvalue weighted by Crippen LogP contribution is -2.35. The first kappa shape index (κ1) is 15.9. The van der Waals surface area contributed by atoms with Crippen LogP contribution in [-0.4, -0.2) is 41.2 Å². The maximum absolute atomic E-state index is 5.65. The van der Waals surface area contributed by atoms with E-state index < -0.39 is 0 Å². The molecule has 2 aromatic carbocycles. The van der Waals surface area contributed by atoms with Crippen molar-refractivity contribution >= 4 is 5.95 Å². The van der Waals surface area contributed by atoms with E-state index in [1.807, 2.05) is 0 Å². The molecule has 0 atom stereocenters. The van der Waals surface area contributed by atoms with Crippen LogP contribution in [0, 0.1) is 0 Å². The van der Waals surface area contributed by atoms with Gasteiger partial charge in [-0.2, -0.15) is 0 Å². The Balaban J connectivity index is 1.52. The maximum Gasteiger partial charge on any atom is 0.197 e. The summed E-state index contributed by atoms with van der Waals surface area (Å²) >= 11 is 0. The van der Waals surface area contributed by atoms with Crippen LogP contribution in [0.3, 0.4) is 0 Å². The van der Waals surface area contributed by atoms with Crippen LogP contribution < -0.4 is 5.73 Å². The van der Waals surface area contributed by atoms with Gasteiger partial charge in [-0.05, 0) is 28.3 Å². The summed E-state index contributed by atoms with van der Waals surface area (Å²) in [5.41, 5.74) is 11.5. The second kappa shape index (κ2) is 7.09. The van der Waals surface area contributed by atoms with Gasteiger partial charge in [0.15, 0.2) is 5.95 Å². The number of morpholine rings is 1. The van der Waals surface area contributed by atoms with Crippen molar-refractivity contribution in [2.75, 3.05) is 32.0 Å². The Morgan fingerprint density at radius 3 is 2.48 bits per heavy atom. The zero-order valence-electron chi connectivity index (χ0n) is 14.1. The maximum atomic E-state index is 5.65. The Morgan fingerprint density at radius 1 is 1.00 bits per heavy atom. The first-order valence-corrected chi connectivity index (χ1v) is 8.58. The molecular formula is C20H22N4O. The summed E-state index contributed by atoms with van der Waals surface area (Å²) < 4.78 is 5.42. The monoisotopic (exact) mass is 334 g/mol. The molecule has 4 rings (SSSR count). The third kappa shape index (κ3) is 3.73. The molecule has 0 unspecified atom stereocenters. The molecule has 0 bridgehead atoms. The van der Waals surface area contributed by atoms with E-state index in [0.29, 0.717) is 5.95 Å². The first-order valence-electron chi connectivity index (χ1n) is 8.58. The van der Waals surface area contributed by atoms with Crippen LogP contribution in [0.15, 0.2) is 54.7 Å². The van der Waals surface area contributed by atoms with Gasteiger partial charge < -0.3 is 15.5 Å². The van der Waals surface area contributed by atoms with Crippen molar-refractivity contribution in [2.45, 2.75) is 6.54 Å². The van der Waals surface area contributed by atoms with Crippen LogP contribution in [-0.2, 0) is 11.3 Å². The minimum Gasteiger partial charge on any atom is -0.379 e. The summed E-state index contributed by atoms with van der Waals surface area (Å²) in [4.78, 5) is 9.55. The standard InChI is InChI=1S/C20H22N4O/c21-20-22-13-19(23-20)17-6-4-16(5-7-17)18-3-1-2-15(12-18)14-24-8-10-25-11-9-24/h1-7,12-13H,8-11,14H2,(H3,21,22,23). The number of nitrogens with two attached hydrogens (primary N) is 1. The molecule has 3 aromatic rings. The summed E-state index contributed by atoms with van der Waals surface area (Å²) in [6.07, 6.45) is 1.76. The number of nitrogens with one attached hydrogen (secondary N) is 1. The van der Waals surface area contributed by atoms with Crippen LogP contribution >= 0.6 is 0 Å². The summed E-state index contributed by atoms with van der Waals surface area (Å²) in [5, 5.41) is 0. The van der Waals surface area contributed by atoms with Crippen LogP contribution in [0.5, 0.6) is 0 Å². The van der Waals surface area contributed by atoms with Gasteiger partial charge in [0.25, 0.3) is 0 Å². The number of benzene rings is 2. The molecule has 0 aliphatic carbocycles. The second-order valence-corrected chi connectivity index (χ2v) is 6.35. The predicted molar refractivity (Wildman–Crippen MR) is 100.0 cm³/mol. The first-order chi connectivity index (χ1) is 12.3. The van der Waals surface area contributed by atoms with E-state index in [2.05, 4.69) is 63.4 Å². The molecule has 5 heteroatoms. The zero-order chi connectivity index (χ0) is 17.1. The van der Waals surface area contributed by atoms with Gasteiger partial charge in [-0.15, -0.1) is 0 Å². The molecule has 2 heterocycles. The fourth-order valence-electron chi connectivity index (χ4n) is 3.19.